The molecule has 17 rings (SSSR count). The van der Waals surface area contributed by atoms with E-state index < -0.39 is 6.17 Å². The van der Waals surface area contributed by atoms with Gasteiger partial charge in [-0.05, 0) is 162 Å². The Morgan fingerprint density at radius 1 is 0.496 bits per heavy atom. The summed E-state index contributed by atoms with van der Waals surface area (Å²) in [5.74, 6) is 3.01. The highest BCUT2D eigenvalue weighted by molar-refractivity contribution is 5.94. The van der Waals surface area contributed by atoms with Crippen LogP contribution in [0, 0.1) is 47.8 Å². The number of anilines is 6. The minimum atomic E-state index is -0.930. The summed E-state index contributed by atoms with van der Waals surface area (Å²) in [5.41, 5.74) is 16.2. The molecule has 2 unspecified atom stereocenters. The van der Waals surface area contributed by atoms with Crippen LogP contribution >= 0.6 is 0 Å². The van der Waals surface area contributed by atoms with Gasteiger partial charge in [0.25, 0.3) is 0 Å². The number of likely N-dealkylation sites (N-methyl/N-ethyl adjacent to an activating group) is 3. The van der Waals surface area contributed by atoms with E-state index in [9.17, 15) is 34.6 Å². The molecule has 3 amide bonds. The van der Waals surface area contributed by atoms with Crippen molar-refractivity contribution in [2.24, 2.45) is 7.05 Å². The Morgan fingerprint density at radius 2 is 0.926 bits per heavy atom. The smallest absolute Gasteiger partial charge is 0.318 e. The lowest BCUT2D eigenvalue weighted by Crippen LogP contribution is -2.55. The van der Waals surface area contributed by atoms with E-state index >= 15 is 0 Å². The van der Waals surface area contributed by atoms with E-state index in [1.165, 1.54) is 46.0 Å². The van der Waals surface area contributed by atoms with Crippen LogP contribution in [0.2, 0.25) is 0 Å². The Bertz CT molecular complexity index is 5310. The zero-order valence-electron chi connectivity index (χ0n) is 70.4. The van der Waals surface area contributed by atoms with Crippen molar-refractivity contribution < 1.29 is 37.7 Å². The molecule has 30 heteroatoms. The fourth-order valence-electron chi connectivity index (χ4n) is 20.5. The number of piperazine rings is 3. The first-order valence-corrected chi connectivity index (χ1v) is 42.9. The largest absolute Gasteiger partial charge is 0.491 e. The summed E-state index contributed by atoms with van der Waals surface area (Å²) in [6.45, 7) is 26.9. The molecule has 0 spiro atoms. The summed E-state index contributed by atoms with van der Waals surface area (Å²) < 4.78 is 43.3. The van der Waals surface area contributed by atoms with Crippen molar-refractivity contribution in [3.63, 3.8) is 0 Å². The number of fused-ring (bicyclic) bond motifs is 5. The molecule has 14 heterocycles. The van der Waals surface area contributed by atoms with E-state index in [-0.39, 0.29) is 104 Å². The Labute approximate surface area is 707 Å². The number of hydrogen-bond donors (Lipinski definition) is 0. The Balaban J connectivity index is 0.612. The number of carbonyl (C=O) groups excluding carboxylic acids is 3. The van der Waals surface area contributed by atoms with E-state index in [0.29, 0.717) is 150 Å². The second kappa shape index (κ2) is 34.8. The highest BCUT2D eigenvalue weighted by Crippen LogP contribution is 2.45. The van der Waals surface area contributed by atoms with Gasteiger partial charge in [-0.25, -0.2) is 4.39 Å². The van der Waals surface area contributed by atoms with Crippen LogP contribution in [0.25, 0.3) is 10.9 Å². The monoisotopic (exact) mass is 1640 g/mol. The molecule has 10 aliphatic rings. The molecule has 121 heavy (non-hydrogen) atoms. The van der Waals surface area contributed by atoms with Gasteiger partial charge in [0, 0.05) is 164 Å². The third-order valence-corrected chi connectivity index (χ3v) is 27.3. The molecular weight excluding hydrogens is 1530 g/mol. The standard InChI is InChI=1S/C91H109FN22O7/c1-10-81(115)112-34-31-109(48-66(112)16-24-93)86-72-20-28-106(78-15-13-14-59-23-37-118-85(59)78)51-75(72)96-89(99-86)120-55-70-41-64(46-104(70)8)62-39-60-19-27-102(6)84(60)80(43-62)108-30-22-74-77(53-108)98-90(100-88(74)111-33-36-114(83(117)12-3)68(50-111)18-26-95)119-54-69-40-63(45-103(69)7)61-38-57(4)58(5)79(42-61)107-29-21-73-76(52-107)97-91(121-56-71-44-65(92)47-105(71)9)101-87(73)110-32-35-113(82(116)11-2)67(49-110)17-25-94/h10-15,19,27,38-39,42-43,63-71H,1-3,16-18,20-23,28-37,40-41,44-56H2,4-9H3/t63?,64?,65-,66+,67+,68+,69+,70+,71+/m1/s1. The predicted molar refractivity (Wildman–Crippen MR) is 459 cm³/mol. The Kier molecular flexibility index (Phi) is 23.5. The second-order valence-electron chi connectivity index (χ2n) is 34.5. The quantitative estimate of drug-likeness (QED) is 0.0544. The topological polar surface area (TPSA) is 281 Å². The minimum absolute atomic E-state index is 0.0177. The molecule has 6 fully saturated rings. The van der Waals surface area contributed by atoms with Crippen LogP contribution < -0.4 is 48.3 Å². The highest BCUT2D eigenvalue weighted by Gasteiger charge is 2.42. The number of amides is 3. The SMILES string of the molecule is C=CC(=O)N1CCN(c2nc(OC[C@@H]3C[C@@H](F)CN3C)nc3c2CCN(c2cc(C4C[C@@H](COc5nc6c(c(N7CCN(C(=O)C=C)[C@@H](CC#N)C7)n5)CCN(c5cc(C7C[C@@H](COc8nc9c(c(N%10CCN(C(=O)C=C)[C@@H](CC#N)C%10)n8)CCN(c8cccc%10c8OCC%10)C9)N(C)C7)cc7ccn(C)c57)C6)N(C)C4)cc(C)c2C)C3)C[C@@H]1CC#N. The summed E-state index contributed by atoms with van der Waals surface area (Å²) >= 11 is 0. The molecule has 6 saturated heterocycles. The zero-order valence-corrected chi connectivity index (χ0v) is 70.4. The summed E-state index contributed by atoms with van der Waals surface area (Å²) in [5, 5.41) is 31.2. The van der Waals surface area contributed by atoms with Crippen molar-refractivity contribution in [3.05, 3.63) is 154 Å². The van der Waals surface area contributed by atoms with Gasteiger partial charge in [0.2, 0.25) is 17.7 Å². The number of aromatic nitrogens is 7. The van der Waals surface area contributed by atoms with Gasteiger partial charge >= 0.3 is 18.0 Å². The lowest BCUT2D eigenvalue weighted by atomic mass is 9.91. The van der Waals surface area contributed by atoms with Gasteiger partial charge in [-0.3, -0.25) is 29.1 Å². The first-order valence-electron chi connectivity index (χ1n) is 42.9. The number of para-hydroxylation sites is 1. The number of hydrogen-bond acceptors (Lipinski definition) is 25. The first-order chi connectivity index (χ1) is 58.7. The summed E-state index contributed by atoms with van der Waals surface area (Å²) in [7, 11) is 8.36. The molecule has 0 bridgehead atoms. The number of nitriles is 3. The molecule has 632 valence electrons. The van der Waals surface area contributed by atoms with Crippen LogP contribution in [0.3, 0.4) is 0 Å². The maximum Gasteiger partial charge on any atom is 0.318 e. The minimum Gasteiger partial charge on any atom is -0.491 e. The lowest BCUT2D eigenvalue weighted by molar-refractivity contribution is -0.129. The molecule has 10 aliphatic heterocycles. The number of carbonyl (C=O) groups is 3. The summed E-state index contributed by atoms with van der Waals surface area (Å²) in [6, 6.07) is 24.7. The first kappa shape index (κ1) is 81.7. The number of benzene rings is 3. The fourth-order valence-corrected chi connectivity index (χ4v) is 20.5. The number of rotatable bonds is 23. The molecule has 7 aromatic rings. The molecule has 3 aromatic carbocycles. The number of ether oxygens (including phenoxy) is 4. The van der Waals surface area contributed by atoms with E-state index in [4.69, 9.17) is 48.9 Å². The van der Waals surface area contributed by atoms with Crippen LogP contribution in [-0.4, -0.2) is 270 Å². The second-order valence-corrected chi connectivity index (χ2v) is 34.5. The molecule has 0 N–H and O–H groups in total. The summed E-state index contributed by atoms with van der Waals surface area (Å²) in [4.78, 5) is 96.6. The molecular formula is C91H109FN22O7. The number of aryl methyl sites for hydroxylation is 2. The summed E-state index contributed by atoms with van der Waals surface area (Å²) in [6.07, 6.45) is 10.6. The third-order valence-electron chi connectivity index (χ3n) is 27.3. The molecule has 9 atom stereocenters. The predicted octanol–water partition coefficient (Wildman–Crippen LogP) is 8.29. The average molecular weight is 1640 g/mol. The van der Waals surface area contributed by atoms with E-state index in [1.54, 1.807) is 14.7 Å². The van der Waals surface area contributed by atoms with Crippen LogP contribution in [0.15, 0.2) is 92.7 Å². The van der Waals surface area contributed by atoms with E-state index in [1.807, 2.05) is 11.9 Å². The number of alkyl halides is 1. The van der Waals surface area contributed by atoms with Gasteiger partial charge in [0.15, 0.2) is 0 Å². The van der Waals surface area contributed by atoms with E-state index in [0.717, 1.165) is 124 Å². The maximum absolute atomic E-state index is 14.6. The van der Waals surface area contributed by atoms with Crippen molar-refractivity contribution in [3.8, 4) is 42.0 Å². The molecule has 29 nitrogen and oxygen atoms in total. The van der Waals surface area contributed by atoms with Crippen molar-refractivity contribution in [2.75, 3.05) is 175 Å². The van der Waals surface area contributed by atoms with E-state index in [2.05, 4.69) is 171 Å². The van der Waals surface area contributed by atoms with Gasteiger partial charge < -0.3 is 67.6 Å². The lowest BCUT2D eigenvalue weighted by Gasteiger charge is -2.42. The van der Waals surface area contributed by atoms with Gasteiger partial charge in [0.05, 0.1) is 116 Å². The van der Waals surface area contributed by atoms with Crippen molar-refractivity contribution in [1.29, 1.82) is 15.8 Å². The van der Waals surface area contributed by atoms with Crippen LogP contribution in [0.5, 0.6) is 23.8 Å². The van der Waals surface area contributed by atoms with Gasteiger partial charge in [-0.15, -0.1) is 0 Å². The number of likely N-dealkylation sites (tertiary alicyclic amines) is 3. The van der Waals surface area contributed by atoms with Gasteiger partial charge in [0.1, 0.15) is 49.2 Å². The number of nitrogens with zero attached hydrogens (tertiary/aromatic N) is 22. The van der Waals surface area contributed by atoms with Crippen molar-refractivity contribution >= 4 is 63.1 Å². The molecule has 0 radical (unpaired) electrons. The fraction of sp³-hybridized carbons (Fsp3) is 0.516. The molecule has 4 aromatic heterocycles. The zero-order chi connectivity index (χ0) is 84.0. The third kappa shape index (κ3) is 16.4. The molecule has 0 aliphatic carbocycles. The van der Waals surface area contributed by atoms with Crippen molar-refractivity contribution in [2.45, 2.75) is 152 Å². The maximum atomic E-state index is 14.6. The van der Waals surface area contributed by atoms with Crippen LogP contribution in [0.4, 0.5) is 38.9 Å². The van der Waals surface area contributed by atoms with Crippen molar-refractivity contribution in [1.82, 2.24) is 63.9 Å². The van der Waals surface area contributed by atoms with Crippen LogP contribution in [-0.2, 0) is 66.7 Å². The normalized spacial score (nSPS) is 23.7. The highest BCUT2D eigenvalue weighted by atomic mass is 19.1. The Morgan fingerprint density at radius 3 is 1.37 bits per heavy atom. The number of halogens is 1. The van der Waals surface area contributed by atoms with Gasteiger partial charge in [-0.1, -0.05) is 37.9 Å². The Hall–Kier alpha value is -11.7. The van der Waals surface area contributed by atoms with Gasteiger partial charge in [-0.2, -0.15) is 45.7 Å². The molecule has 0 saturated carbocycles. The average Bonchev–Trinajstić information content (AvgIpc) is 1.74. The van der Waals surface area contributed by atoms with Crippen LogP contribution in [0.1, 0.15) is 112 Å².